The van der Waals surface area contributed by atoms with E-state index >= 15 is 0 Å². The molecule has 0 radical (unpaired) electrons. The normalized spacial score (nSPS) is 28.8. The van der Waals surface area contributed by atoms with E-state index in [9.17, 15) is 0 Å². The molecule has 0 N–H and O–H groups in total. The Balaban J connectivity index is 1.92. The highest BCUT2D eigenvalue weighted by atomic mass is 35.5. The first-order valence-electron chi connectivity index (χ1n) is 6.78. The van der Waals surface area contributed by atoms with Crippen molar-refractivity contribution in [2.75, 3.05) is 0 Å². The molecule has 18 heavy (non-hydrogen) atoms. The van der Waals surface area contributed by atoms with E-state index in [0.29, 0.717) is 29.0 Å². The first kappa shape index (κ1) is 14.3. The summed E-state index contributed by atoms with van der Waals surface area (Å²) in [4.78, 5) is 5.18. The predicted molar refractivity (Wildman–Crippen MR) is 77.0 cm³/mol. The summed E-state index contributed by atoms with van der Waals surface area (Å²) in [5, 5.41) is 0. The molecule has 2 nitrogen and oxygen atoms in total. The van der Waals surface area contributed by atoms with E-state index in [4.69, 9.17) is 16.3 Å². The lowest BCUT2D eigenvalue weighted by Crippen LogP contribution is -2.34. The fourth-order valence-corrected chi connectivity index (χ4v) is 3.75. The zero-order valence-corrected chi connectivity index (χ0v) is 12.9. The van der Waals surface area contributed by atoms with Gasteiger partial charge in [0.25, 0.3) is 0 Å². The fraction of sp³-hybridized carbons (Fsp3) is 0.786. The number of rotatable bonds is 4. The van der Waals surface area contributed by atoms with E-state index in [2.05, 4.69) is 25.8 Å². The first-order chi connectivity index (χ1) is 8.56. The highest BCUT2D eigenvalue weighted by Gasteiger charge is 2.31. The van der Waals surface area contributed by atoms with Crippen molar-refractivity contribution in [3.8, 4) is 0 Å². The molecule has 3 atom stereocenters. The molecule has 0 aromatic carbocycles. The third-order valence-electron chi connectivity index (χ3n) is 3.93. The Morgan fingerprint density at radius 3 is 2.89 bits per heavy atom. The second kappa shape index (κ2) is 6.36. The third kappa shape index (κ3) is 3.69. The zero-order valence-electron chi connectivity index (χ0n) is 11.4. The Bertz CT molecular complexity index is 380. The van der Waals surface area contributed by atoms with Crippen molar-refractivity contribution in [3.05, 3.63) is 15.5 Å². The third-order valence-corrected chi connectivity index (χ3v) is 5.01. The monoisotopic (exact) mass is 287 g/mol. The molecule has 3 unspecified atom stereocenters. The lowest BCUT2D eigenvalue weighted by Gasteiger charge is -2.37. The Labute approximate surface area is 119 Å². The van der Waals surface area contributed by atoms with Crippen molar-refractivity contribution >= 4 is 22.9 Å². The van der Waals surface area contributed by atoms with Gasteiger partial charge < -0.3 is 4.74 Å². The molecule has 2 rings (SSSR count). The predicted octanol–water partition coefficient (Wildman–Crippen LogP) is 4.77. The lowest BCUT2D eigenvalue weighted by atomic mass is 9.75. The van der Waals surface area contributed by atoms with Gasteiger partial charge in [0.2, 0.25) is 0 Å². The Hall–Kier alpha value is -0.120. The van der Waals surface area contributed by atoms with Crippen LogP contribution in [-0.2, 0) is 11.3 Å². The van der Waals surface area contributed by atoms with Crippen molar-refractivity contribution in [1.29, 1.82) is 0 Å². The summed E-state index contributed by atoms with van der Waals surface area (Å²) in [5.74, 6) is 2.19. The topological polar surface area (TPSA) is 22.1 Å². The van der Waals surface area contributed by atoms with Crippen LogP contribution in [-0.4, -0.2) is 11.1 Å². The molecule has 1 saturated carbocycles. The zero-order chi connectivity index (χ0) is 13.1. The van der Waals surface area contributed by atoms with Crippen LogP contribution in [0.5, 0.6) is 0 Å². The quantitative estimate of drug-likeness (QED) is 0.795. The number of ether oxygens (including phenoxy) is 1. The van der Waals surface area contributed by atoms with Gasteiger partial charge >= 0.3 is 0 Å². The Morgan fingerprint density at radius 1 is 1.50 bits per heavy atom. The fourth-order valence-electron chi connectivity index (χ4n) is 2.85. The van der Waals surface area contributed by atoms with E-state index in [1.807, 2.05) is 6.20 Å². The van der Waals surface area contributed by atoms with Crippen LogP contribution in [0.25, 0.3) is 0 Å². The maximum Gasteiger partial charge on any atom is 0.183 e. The van der Waals surface area contributed by atoms with Crippen molar-refractivity contribution in [1.82, 2.24) is 4.98 Å². The summed E-state index contributed by atoms with van der Waals surface area (Å²) < 4.78 is 6.74. The van der Waals surface area contributed by atoms with Gasteiger partial charge in [-0.3, -0.25) is 0 Å². The summed E-state index contributed by atoms with van der Waals surface area (Å²) >= 11 is 7.35. The molecule has 0 saturated heterocycles. The number of halogens is 1. The summed E-state index contributed by atoms with van der Waals surface area (Å²) in [6.45, 7) is 7.60. The molecule has 1 fully saturated rings. The summed E-state index contributed by atoms with van der Waals surface area (Å²) in [6.07, 6.45) is 6.05. The molecular formula is C14H22ClNOS. The molecule has 0 bridgehead atoms. The van der Waals surface area contributed by atoms with E-state index in [0.717, 1.165) is 10.8 Å². The van der Waals surface area contributed by atoms with Gasteiger partial charge in [-0.25, -0.2) is 4.98 Å². The summed E-state index contributed by atoms with van der Waals surface area (Å²) in [6, 6.07) is 0. The van der Waals surface area contributed by atoms with Crippen LogP contribution in [0.1, 0.15) is 44.9 Å². The second-order valence-corrected chi connectivity index (χ2v) is 7.45. The maximum atomic E-state index is 6.14. The second-order valence-electron chi connectivity index (χ2n) is 5.76. The molecule has 1 aliphatic carbocycles. The van der Waals surface area contributed by atoms with Crippen molar-refractivity contribution in [2.24, 2.45) is 17.8 Å². The Kier molecular flexibility index (Phi) is 5.05. The number of hydrogen-bond acceptors (Lipinski definition) is 3. The highest BCUT2D eigenvalue weighted by Crippen LogP contribution is 2.36. The maximum absolute atomic E-state index is 6.14. The molecule has 1 aromatic heterocycles. The molecule has 0 aliphatic heterocycles. The number of thiazole rings is 1. The van der Waals surface area contributed by atoms with Gasteiger partial charge in [0.05, 0.1) is 17.6 Å². The summed E-state index contributed by atoms with van der Waals surface area (Å²) in [5.41, 5.74) is 0. The van der Waals surface area contributed by atoms with Gasteiger partial charge in [-0.1, -0.05) is 38.8 Å². The van der Waals surface area contributed by atoms with Crippen LogP contribution in [0, 0.1) is 17.8 Å². The molecule has 1 heterocycles. The van der Waals surface area contributed by atoms with Gasteiger partial charge in [0.15, 0.2) is 4.47 Å². The number of hydrogen-bond donors (Lipinski definition) is 0. The minimum atomic E-state index is 0.398. The minimum absolute atomic E-state index is 0.398. The van der Waals surface area contributed by atoms with Gasteiger partial charge in [-0.2, -0.15) is 0 Å². The van der Waals surface area contributed by atoms with Crippen LogP contribution >= 0.6 is 22.9 Å². The molecule has 102 valence electrons. The van der Waals surface area contributed by atoms with E-state index in [-0.39, 0.29) is 0 Å². The van der Waals surface area contributed by atoms with Crippen LogP contribution in [0.15, 0.2) is 6.20 Å². The summed E-state index contributed by atoms with van der Waals surface area (Å²) in [7, 11) is 0. The van der Waals surface area contributed by atoms with Gasteiger partial charge in [-0.05, 0) is 30.6 Å². The van der Waals surface area contributed by atoms with Gasteiger partial charge in [0, 0.05) is 6.20 Å². The largest absolute Gasteiger partial charge is 0.372 e. The lowest BCUT2D eigenvalue weighted by molar-refractivity contribution is -0.0464. The van der Waals surface area contributed by atoms with Crippen molar-refractivity contribution < 1.29 is 4.74 Å². The Morgan fingerprint density at radius 2 is 2.28 bits per heavy atom. The smallest absolute Gasteiger partial charge is 0.183 e. The standard InChI is InChI=1S/C14H22ClNOS/c1-9(2)12-5-4-10(3)6-13(12)17-8-11-7-16-14(15)18-11/h7,9-10,12-13H,4-6,8H2,1-3H3. The molecular weight excluding hydrogens is 266 g/mol. The van der Waals surface area contributed by atoms with Crippen LogP contribution in [0.4, 0.5) is 0 Å². The SMILES string of the molecule is CC1CCC(C(C)C)C(OCc2cnc(Cl)s2)C1. The van der Waals surface area contributed by atoms with Gasteiger partial charge in [0.1, 0.15) is 0 Å². The molecule has 4 heteroatoms. The van der Waals surface area contributed by atoms with Gasteiger partial charge in [-0.15, -0.1) is 11.3 Å². The van der Waals surface area contributed by atoms with E-state index < -0.39 is 0 Å². The first-order valence-corrected chi connectivity index (χ1v) is 7.97. The molecule has 1 aliphatic rings. The molecule has 0 amide bonds. The highest BCUT2D eigenvalue weighted by molar-refractivity contribution is 7.15. The average molecular weight is 288 g/mol. The molecule has 1 aromatic rings. The van der Waals surface area contributed by atoms with Crippen molar-refractivity contribution in [2.45, 2.75) is 52.7 Å². The minimum Gasteiger partial charge on any atom is -0.372 e. The average Bonchev–Trinajstić information content (AvgIpc) is 2.72. The van der Waals surface area contributed by atoms with E-state index in [1.54, 1.807) is 0 Å². The number of nitrogens with zero attached hydrogens (tertiary/aromatic N) is 1. The number of aromatic nitrogens is 1. The van der Waals surface area contributed by atoms with Crippen LogP contribution in [0.2, 0.25) is 4.47 Å². The van der Waals surface area contributed by atoms with E-state index in [1.165, 1.54) is 30.6 Å². The van der Waals surface area contributed by atoms with Crippen LogP contribution < -0.4 is 0 Å². The van der Waals surface area contributed by atoms with Crippen LogP contribution in [0.3, 0.4) is 0 Å². The molecule has 0 spiro atoms. The van der Waals surface area contributed by atoms with Crippen molar-refractivity contribution in [3.63, 3.8) is 0 Å².